The van der Waals surface area contributed by atoms with Crippen molar-refractivity contribution < 1.29 is 40.7 Å². The molecule has 0 saturated carbocycles. The number of ether oxygens (including phenoxy) is 2. The third-order valence-electron chi connectivity index (χ3n) is 4.25. The zero-order chi connectivity index (χ0) is 23.4. The summed E-state index contributed by atoms with van der Waals surface area (Å²) in [6.45, 7) is -0.580. The number of carbonyl (C=O) groups excluding carboxylic acids is 2. The van der Waals surface area contributed by atoms with Crippen LogP contribution in [0.1, 0.15) is 12.0 Å². The van der Waals surface area contributed by atoms with Crippen molar-refractivity contribution in [1.82, 2.24) is 15.6 Å². The van der Waals surface area contributed by atoms with Crippen LogP contribution in [0, 0.1) is 0 Å². The Labute approximate surface area is 180 Å². The maximum atomic E-state index is 13.0. The topological polar surface area (TPSA) is 123 Å². The molecule has 3 N–H and O–H groups in total. The molecular formula is C19H18F3N3O6S. The summed E-state index contributed by atoms with van der Waals surface area (Å²) in [4.78, 5) is 23.0. The third-order valence-corrected chi connectivity index (χ3v) is 5.77. The Kier molecular flexibility index (Phi) is 6.89. The van der Waals surface area contributed by atoms with Crippen molar-refractivity contribution in [2.75, 3.05) is 13.2 Å². The van der Waals surface area contributed by atoms with Crippen molar-refractivity contribution in [3.8, 4) is 11.5 Å². The normalized spacial score (nSPS) is 15.7. The van der Waals surface area contributed by atoms with E-state index in [1.807, 2.05) is 4.72 Å². The van der Waals surface area contributed by atoms with E-state index in [0.29, 0.717) is 17.6 Å². The first-order chi connectivity index (χ1) is 15.1. The number of rotatable bonds is 6. The quantitative estimate of drug-likeness (QED) is 0.545. The highest BCUT2D eigenvalue weighted by molar-refractivity contribution is 7.89. The molecule has 3 rings (SSSR count). The van der Waals surface area contributed by atoms with Crippen LogP contribution in [0.5, 0.6) is 11.5 Å². The molecule has 1 aliphatic rings. The molecule has 1 atom stereocenters. The largest absolute Gasteiger partial charge is 0.485 e. The lowest BCUT2D eigenvalue weighted by molar-refractivity contribution is -0.140. The van der Waals surface area contributed by atoms with Crippen molar-refractivity contribution >= 4 is 21.8 Å². The molecule has 2 aromatic carbocycles. The van der Waals surface area contributed by atoms with Crippen LogP contribution in [-0.4, -0.2) is 39.5 Å². The van der Waals surface area contributed by atoms with Gasteiger partial charge in [-0.05, 0) is 24.3 Å². The number of sulfonamides is 1. The average Bonchev–Trinajstić information content (AvgIpc) is 2.76. The number of fused-ring (bicyclic) bond motifs is 1. The third kappa shape index (κ3) is 5.68. The van der Waals surface area contributed by atoms with Crippen LogP contribution >= 0.6 is 0 Å². The lowest BCUT2D eigenvalue weighted by atomic mass is 10.2. The van der Waals surface area contributed by atoms with Gasteiger partial charge in [0.05, 0.1) is 10.5 Å². The second kappa shape index (κ2) is 9.44. The summed E-state index contributed by atoms with van der Waals surface area (Å²) in [6, 6.07) is 10.4. The van der Waals surface area contributed by atoms with E-state index in [1.54, 1.807) is 24.3 Å². The van der Waals surface area contributed by atoms with Gasteiger partial charge in [0.15, 0.2) is 11.5 Å². The number of carbonyl (C=O) groups is 2. The van der Waals surface area contributed by atoms with E-state index >= 15 is 0 Å². The molecule has 0 unspecified atom stereocenters. The van der Waals surface area contributed by atoms with E-state index in [2.05, 4.69) is 10.9 Å². The van der Waals surface area contributed by atoms with E-state index in [4.69, 9.17) is 9.47 Å². The molecule has 0 aliphatic carbocycles. The summed E-state index contributed by atoms with van der Waals surface area (Å²) in [5.74, 6) is -0.645. The highest BCUT2D eigenvalue weighted by Crippen LogP contribution is 2.34. The molecule has 32 heavy (non-hydrogen) atoms. The van der Waals surface area contributed by atoms with Crippen LogP contribution in [-0.2, 0) is 25.8 Å². The smallest absolute Gasteiger partial charge is 0.417 e. The summed E-state index contributed by atoms with van der Waals surface area (Å²) < 4.78 is 76.3. The zero-order valence-corrected chi connectivity index (χ0v) is 17.1. The van der Waals surface area contributed by atoms with Gasteiger partial charge in [-0.1, -0.05) is 24.3 Å². The van der Waals surface area contributed by atoms with Gasteiger partial charge in [0.1, 0.15) is 6.61 Å². The van der Waals surface area contributed by atoms with Gasteiger partial charge in [-0.15, -0.1) is 0 Å². The summed E-state index contributed by atoms with van der Waals surface area (Å²) in [5.41, 5.74) is 2.88. The fourth-order valence-corrected chi connectivity index (χ4v) is 3.99. The molecule has 1 heterocycles. The summed E-state index contributed by atoms with van der Waals surface area (Å²) >= 11 is 0. The molecule has 1 aliphatic heterocycles. The number of benzene rings is 2. The fourth-order valence-electron chi connectivity index (χ4n) is 2.73. The van der Waals surface area contributed by atoms with Crippen molar-refractivity contribution in [2.24, 2.45) is 0 Å². The number of hydrogen-bond acceptors (Lipinski definition) is 6. The molecule has 2 amide bonds. The Morgan fingerprint density at radius 3 is 2.38 bits per heavy atom. The van der Waals surface area contributed by atoms with Crippen LogP contribution in [0.2, 0.25) is 0 Å². The average molecular weight is 473 g/mol. The maximum Gasteiger partial charge on any atom is 0.417 e. The standard InChI is InChI=1S/C19H18F3N3O6S/c20-19(21,22)12-5-1-4-8-16(12)32(28,29)23-10-9-17(26)24-25-18(27)15-11-30-13-6-2-3-7-14(13)31-15/h1-8,15,23H,9-11H2,(H,24,26)(H,25,27)/t15-/m1/s1. The number of para-hydroxylation sites is 2. The minimum atomic E-state index is -4.86. The van der Waals surface area contributed by atoms with E-state index in [1.165, 1.54) is 0 Å². The van der Waals surface area contributed by atoms with Crippen molar-refractivity contribution in [3.63, 3.8) is 0 Å². The number of amides is 2. The van der Waals surface area contributed by atoms with Crippen molar-refractivity contribution in [2.45, 2.75) is 23.6 Å². The Morgan fingerprint density at radius 2 is 1.66 bits per heavy atom. The SMILES string of the molecule is O=C(CCNS(=O)(=O)c1ccccc1C(F)(F)F)NNC(=O)[C@H]1COc2ccccc2O1. The molecule has 9 nitrogen and oxygen atoms in total. The lowest BCUT2D eigenvalue weighted by Crippen LogP contribution is -2.51. The van der Waals surface area contributed by atoms with E-state index in [-0.39, 0.29) is 6.61 Å². The molecule has 0 bridgehead atoms. The molecule has 0 aromatic heterocycles. The first kappa shape index (κ1) is 23.3. The van der Waals surface area contributed by atoms with Crippen molar-refractivity contribution in [1.29, 1.82) is 0 Å². The second-order valence-corrected chi connectivity index (χ2v) is 8.28. The van der Waals surface area contributed by atoms with E-state index < -0.39 is 57.5 Å². The highest BCUT2D eigenvalue weighted by Gasteiger charge is 2.36. The Bertz CT molecular complexity index is 1110. The first-order valence-electron chi connectivity index (χ1n) is 9.21. The minimum absolute atomic E-state index is 0.0862. The van der Waals surface area contributed by atoms with Gasteiger partial charge in [0, 0.05) is 13.0 Å². The maximum absolute atomic E-state index is 13.0. The summed E-state index contributed by atoms with van der Waals surface area (Å²) in [6.07, 6.45) is -6.33. The van der Waals surface area contributed by atoms with Gasteiger partial charge >= 0.3 is 6.18 Å². The molecule has 0 fully saturated rings. The van der Waals surface area contributed by atoms with Crippen LogP contribution < -0.4 is 25.0 Å². The molecule has 13 heteroatoms. The minimum Gasteiger partial charge on any atom is -0.485 e. The molecule has 0 spiro atoms. The number of halogens is 3. The van der Waals surface area contributed by atoms with Gasteiger partial charge in [-0.2, -0.15) is 13.2 Å². The Morgan fingerprint density at radius 1 is 1.00 bits per heavy atom. The first-order valence-corrected chi connectivity index (χ1v) is 10.7. The number of nitrogens with one attached hydrogen (secondary N) is 3. The van der Waals surface area contributed by atoms with Crippen molar-refractivity contribution in [3.05, 3.63) is 54.1 Å². The summed E-state index contributed by atoms with van der Waals surface area (Å²) in [5, 5.41) is 0. The van der Waals surface area contributed by atoms with Crippen LogP contribution in [0.4, 0.5) is 13.2 Å². The molecule has 172 valence electrons. The Hall–Kier alpha value is -3.32. The molecule has 2 aromatic rings. The Balaban J connectivity index is 1.47. The van der Waals surface area contributed by atoms with Crippen LogP contribution in [0.3, 0.4) is 0 Å². The number of alkyl halides is 3. The van der Waals surface area contributed by atoms with Crippen LogP contribution in [0.15, 0.2) is 53.4 Å². The summed E-state index contributed by atoms with van der Waals surface area (Å²) in [7, 11) is -4.52. The molecule has 0 radical (unpaired) electrons. The van der Waals surface area contributed by atoms with Gasteiger partial charge in [-0.25, -0.2) is 13.1 Å². The van der Waals surface area contributed by atoms with Gasteiger partial charge < -0.3 is 9.47 Å². The number of hydrogen-bond donors (Lipinski definition) is 3. The predicted molar refractivity (Wildman–Crippen MR) is 104 cm³/mol. The monoisotopic (exact) mass is 473 g/mol. The van der Waals surface area contributed by atoms with E-state index in [9.17, 15) is 31.2 Å². The fraction of sp³-hybridized carbons (Fsp3) is 0.263. The molecule has 0 saturated heterocycles. The lowest BCUT2D eigenvalue weighted by Gasteiger charge is -2.25. The van der Waals surface area contributed by atoms with Gasteiger partial charge in [0.25, 0.3) is 5.91 Å². The highest BCUT2D eigenvalue weighted by atomic mass is 32.2. The van der Waals surface area contributed by atoms with Gasteiger partial charge in [-0.3, -0.25) is 20.4 Å². The number of hydrazine groups is 1. The second-order valence-electron chi connectivity index (χ2n) is 6.54. The molecular weight excluding hydrogens is 455 g/mol. The predicted octanol–water partition coefficient (Wildman–Crippen LogP) is 1.36. The van der Waals surface area contributed by atoms with E-state index in [0.717, 1.165) is 18.2 Å². The van der Waals surface area contributed by atoms with Gasteiger partial charge in [0.2, 0.25) is 22.0 Å². The van der Waals surface area contributed by atoms with Crippen LogP contribution in [0.25, 0.3) is 0 Å². The zero-order valence-electron chi connectivity index (χ0n) is 16.3.